The zero-order valence-electron chi connectivity index (χ0n) is 14.0. The summed E-state index contributed by atoms with van der Waals surface area (Å²) in [6.07, 6.45) is 3.77. The molecule has 2 rings (SSSR count). The molecule has 0 saturated carbocycles. The molecule has 0 fully saturated rings. The van der Waals surface area contributed by atoms with Gasteiger partial charge in [-0.25, -0.2) is 4.79 Å². The number of anilines is 1. The van der Waals surface area contributed by atoms with E-state index >= 15 is 0 Å². The van der Waals surface area contributed by atoms with Gasteiger partial charge >= 0.3 is 5.97 Å². The number of aromatic nitrogens is 2. The topological polar surface area (TPSA) is 81.2 Å². The molecule has 6 nitrogen and oxygen atoms in total. The van der Waals surface area contributed by atoms with Crippen LogP contribution in [-0.2, 0) is 9.53 Å². The number of unbranched alkanes of at least 4 members (excludes halogenated alkanes) is 1. The highest BCUT2D eigenvalue weighted by Crippen LogP contribution is 2.27. The van der Waals surface area contributed by atoms with Crippen molar-refractivity contribution in [3.05, 3.63) is 29.8 Å². The van der Waals surface area contributed by atoms with Gasteiger partial charge in [0, 0.05) is 5.69 Å². The third kappa shape index (κ3) is 6.68. The van der Waals surface area contributed by atoms with Crippen molar-refractivity contribution in [2.75, 3.05) is 23.9 Å². The number of nitrogens with one attached hydrogen (secondary N) is 1. The summed E-state index contributed by atoms with van der Waals surface area (Å²) in [7, 11) is 0. The lowest BCUT2D eigenvalue weighted by molar-refractivity contribution is -0.113. The van der Waals surface area contributed by atoms with E-state index < -0.39 is 0 Å². The van der Waals surface area contributed by atoms with Crippen LogP contribution >= 0.6 is 34.9 Å². The highest BCUT2D eigenvalue weighted by molar-refractivity contribution is 8.03. The lowest BCUT2D eigenvalue weighted by Gasteiger charge is -2.06. The number of benzene rings is 1. The Kier molecular flexibility index (Phi) is 8.23. The van der Waals surface area contributed by atoms with E-state index in [-0.39, 0.29) is 17.6 Å². The minimum Gasteiger partial charge on any atom is -0.462 e. The van der Waals surface area contributed by atoms with E-state index in [2.05, 4.69) is 15.5 Å². The van der Waals surface area contributed by atoms with Crippen LogP contribution in [0.2, 0.25) is 0 Å². The van der Waals surface area contributed by atoms with Crippen LogP contribution < -0.4 is 5.32 Å². The zero-order chi connectivity index (χ0) is 18.1. The van der Waals surface area contributed by atoms with Gasteiger partial charge in [-0.05, 0) is 36.9 Å². The Bertz CT molecular complexity index is 704. The number of esters is 1. The molecule has 0 spiro atoms. The van der Waals surface area contributed by atoms with Gasteiger partial charge in [-0.1, -0.05) is 48.2 Å². The number of carbonyl (C=O) groups excluding carboxylic acids is 2. The molecule has 1 aromatic carbocycles. The zero-order valence-corrected chi connectivity index (χ0v) is 16.4. The molecule has 0 aliphatic carbocycles. The van der Waals surface area contributed by atoms with E-state index in [1.165, 1.54) is 34.9 Å². The molecule has 0 unspecified atom stereocenters. The number of rotatable bonds is 9. The summed E-state index contributed by atoms with van der Waals surface area (Å²) in [4.78, 5) is 23.8. The van der Waals surface area contributed by atoms with Crippen LogP contribution in [-0.4, -0.2) is 40.7 Å². The molecule has 0 aliphatic rings. The third-order valence-electron chi connectivity index (χ3n) is 3.02. The molecule has 1 heterocycles. The molecule has 134 valence electrons. The van der Waals surface area contributed by atoms with Crippen LogP contribution in [0.1, 0.15) is 30.1 Å². The summed E-state index contributed by atoms with van der Waals surface area (Å²) in [6, 6.07) is 6.67. The van der Waals surface area contributed by atoms with Crippen LogP contribution in [0.4, 0.5) is 5.69 Å². The minimum atomic E-state index is -0.345. The molecular formula is C16H19N3O3S3. The number of ether oxygens (including phenoxy) is 1. The molecule has 25 heavy (non-hydrogen) atoms. The maximum absolute atomic E-state index is 12.0. The Morgan fingerprint density at radius 2 is 1.92 bits per heavy atom. The first-order valence-corrected chi connectivity index (χ1v) is 10.7. The fourth-order valence-electron chi connectivity index (χ4n) is 1.74. The number of nitrogens with zero attached hydrogens (tertiary/aromatic N) is 2. The quantitative estimate of drug-likeness (QED) is 0.390. The predicted molar refractivity (Wildman–Crippen MR) is 103 cm³/mol. The van der Waals surface area contributed by atoms with Crippen LogP contribution in [0.3, 0.4) is 0 Å². The number of hydrogen-bond donors (Lipinski definition) is 1. The van der Waals surface area contributed by atoms with Gasteiger partial charge in [-0.15, -0.1) is 10.2 Å². The van der Waals surface area contributed by atoms with Crippen molar-refractivity contribution in [3.8, 4) is 0 Å². The standard InChI is InChI=1S/C16H19N3O3S3/c1-3-4-9-22-14(21)11-5-7-12(8-6-11)17-13(20)10-24-16-19-18-15(23-2)25-16/h5-8H,3-4,9-10H2,1-2H3,(H,17,20). The fraction of sp³-hybridized carbons (Fsp3) is 0.375. The third-order valence-corrected chi connectivity index (χ3v) is 6.06. The smallest absolute Gasteiger partial charge is 0.338 e. The summed E-state index contributed by atoms with van der Waals surface area (Å²) in [6.45, 7) is 2.46. The van der Waals surface area contributed by atoms with Crippen molar-refractivity contribution in [2.24, 2.45) is 0 Å². The second-order valence-corrected chi connectivity index (χ2v) is 8.20. The Morgan fingerprint density at radius 3 is 2.56 bits per heavy atom. The van der Waals surface area contributed by atoms with Gasteiger partial charge in [0.1, 0.15) is 0 Å². The lowest BCUT2D eigenvalue weighted by Crippen LogP contribution is -2.14. The van der Waals surface area contributed by atoms with E-state index in [1.54, 1.807) is 24.3 Å². The SMILES string of the molecule is CCCCOC(=O)c1ccc(NC(=O)CSc2nnc(SC)s2)cc1. The van der Waals surface area contributed by atoms with E-state index in [1.807, 2.05) is 13.2 Å². The second-order valence-electron chi connectivity index (χ2n) is 4.94. The Morgan fingerprint density at radius 1 is 1.20 bits per heavy atom. The normalized spacial score (nSPS) is 10.5. The first-order chi connectivity index (χ1) is 12.1. The van der Waals surface area contributed by atoms with E-state index in [4.69, 9.17) is 4.74 Å². The number of thioether (sulfide) groups is 2. The molecule has 1 amide bonds. The van der Waals surface area contributed by atoms with E-state index in [9.17, 15) is 9.59 Å². The molecule has 9 heteroatoms. The Hall–Kier alpha value is -1.58. The van der Waals surface area contributed by atoms with Crippen molar-refractivity contribution in [1.82, 2.24) is 10.2 Å². The summed E-state index contributed by atoms with van der Waals surface area (Å²) in [5.41, 5.74) is 1.11. The molecule has 1 aromatic heterocycles. The average Bonchev–Trinajstić information content (AvgIpc) is 3.09. The summed E-state index contributed by atoms with van der Waals surface area (Å²) >= 11 is 4.34. The molecule has 0 atom stereocenters. The first kappa shape index (κ1) is 19.7. The van der Waals surface area contributed by atoms with Crippen molar-refractivity contribution in [1.29, 1.82) is 0 Å². The van der Waals surface area contributed by atoms with Gasteiger partial charge in [0.25, 0.3) is 0 Å². The molecule has 0 bridgehead atoms. The summed E-state index contributed by atoms with van der Waals surface area (Å²) < 4.78 is 6.79. The number of amides is 1. The van der Waals surface area contributed by atoms with Crippen molar-refractivity contribution in [2.45, 2.75) is 28.4 Å². The number of hydrogen-bond acceptors (Lipinski definition) is 8. The molecule has 1 N–H and O–H groups in total. The molecule has 0 aliphatic heterocycles. The maximum Gasteiger partial charge on any atom is 0.338 e. The van der Waals surface area contributed by atoms with Gasteiger partial charge in [-0.3, -0.25) is 4.79 Å². The highest BCUT2D eigenvalue weighted by Gasteiger charge is 2.10. The van der Waals surface area contributed by atoms with Gasteiger partial charge in [0.15, 0.2) is 8.68 Å². The molecule has 2 aromatic rings. The lowest BCUT2D eigenvalue weighted by atomic mass is 10.2. The largest absolute Gasteiger partial charge is 0.462 e. The van der Waals surface area contributed by atoms with E-state index in [0.717, 1.165) is 21.5 Å². The summed E-state index contributed by atoms with van der Waals surface area (Å²) in [5, 5.41) is 10.8. The Labute approximate surface area is 159 Å². The maximum atomic E-state index is 12.0. The van der Waals surface area contributed by atoms with Crippen molar-refractivity contribution >= 4 is 52.4 Å². The number of carbonyl (C=O) groups is 2. The first-order valence-electron chi connectivity index (χ1n) is 7.69. The minimum absolute atomic E-state index is 0.135. The van der Waals surface area contributed by atoms with Gasteiger partial charge < -0.3 is 10.1 Å². The average molecular weight is 398 g/mol. The van der Waals surface area contributed by atoms with Crippen molar-refractivity contribution < 1.29 is 14.3 Å². The van der Waals surface area contributed by atoms with E-state index in [0.29, 0.717) is 17.9 Å². The van der Waals surface area contributed by atoms with Crippen LogP contribution in [0, 0.1) is 0 Å². The molecule has 0 radical (unpaired) electrons. The van der Waals surface area contributed by atoms with Crippen molar-refractivity contribution in [3.63, 3.8) is 0 Å². The fourth-order valence-corrected chi connectivity index (χ4v) is 3.98. The Balaban J connectivity index is 1.79. The van der Waals surface area contributed by atoms with Crippen LogP contribution in [0.25, 0.3) is 0 Å². The second kappa shape index (κ2) is 10.4. The molecular weight excluding hydrogens is 378 g/mol. The predicted octanol–water partition coefficient (Wildman–Crippen LogP) is 3.95. The molecule has 0 saturated heterocycles. The van der Waals surface area contributed by atoms with Crippen LogP contribution in [0.5, 0.6) is 0 Å². The monoisotopic (exact) mass is 397 g/mol. The van der Waals surface area contributed by atoms with Gasteiger partial charge in [0.05, 0.1) is 17.9 Å². The van der Waals surface area contributed by atoms with Crippen LogP contribution in [0.15, 0.2) is 32.9 Å². The van der Waals surface area contributed by atoms with Gasteiger partial charge in [-0.2, -0.15) is 0 Å². The highest BCUT2D eigenvalue weighted by atomic mass is 32.2. The van der Waals surface area contributed by atoms with Gasteiger partial charge in [0.2, 0.25) is 5.91 Å². The summed E-state index contributed by atoms with van der Waals surface area (Å²) in [5.74, 6) is -0.226.